The third-order valence-electron chi connectivity index (χ3n) is 4.77. The zero-order chi connectivity index (χ0) is 17.6. The van der Waals surface area contributed by atoms with E-state index in [9.17, 15) is 4.79 Å². The van der Waals surface area contributed by atoms with Gasteiger partial charge in [0, 0.05) is 18.5 Å². The molecule has 0 spiro atoms. The Morgan fingerprint density at radius 1 is 1.40 bits per heavy atom. The first-order valence-corrected chi connectivity index (χ1v) is 8.90. The van der Waals surface area contributed by atoms with E-state index in [0.717, 1.165) is 25.8 Å². The van der Waals surface area contributed by atoms with Gasteiger partial charge in [0.25, 0.3) is 5.89 Å². The highest BCUT2D eigenvalue weighted by Crippen LogP contribution is 2.33. The second kappa shape index (κ2) is 8.25. The standard InChI is InChI=1S/C19H25N3O3/c1-3-16(15-8-5-4-6-9-15)17-10-7-11-22(17)19(23)13-24-12-18-20-14(2)21-25-18/h4-6,8-9,16-17H,3,7,10-13H2,1-2H3/t16-,17+/m0/s1. The second-order valence-corrected chi connectivity index (χ2v) is 6.45. The number of aryl methyl sites for hydroxylation is 1. The molecule has 134 valence electrons. The van der Waals surface area contributed by atoms with Crippen LogP contribution >= 0.6 is 0 Å². The summed E-state index contributed by atoms with van der Waals surface area (Å²) in [6.07, 6.45) is 3.10. The van der Waals surface area contributed by atoms with Crippen molar-refractivity contribution in [2.24, 2.45) is 0 Å². The molecule has 0 saturated carbocycles. The first-order chi connectivity index (χ1) is 12.2. The number of hydrogen-bond acceptors (Lipinski definition) is 5. The molecule has 1 aromatic heterocycles. The summed E-state index contributed by atoms with van der Waals surface area (Å²) in [5, 5.41) is 3.71. The van der Waals surface area contributed by atoms with Gasteiger partial charge in [0.05, 0.1) is 0 Å². The lowest BCUT2D eigenvalue weighted by Gasteiger charge is -2.31. The van der Waals surface area contributed by atoms with Gasteiger partial charge in [-0.3, -0.25) is 4.79 Å². The van der Waals surface area contributed by atoms with Crippen LogP contribution in [0.25, 0.3) is 0 Å². The molecule has 1 amide bonds. The molecule has 25 heavy (non-hydrogen) atoms. The number of hydrogen-bond donors (Lipinski definition) is 0. The van der Waals surface area contributed by atoms with Gasteiger partial charge < -0.3 is 14.2 Å². The summed E-state index contributed by atoms with van der Waals surface area (Å²) in [5.41, 5.74) is 1.30. The fourth-order valence-electron chi connectivity index (χ4n) is 3.66. The Hall–Kier alpha value is -2.21. The molecule has 3 rings (SSSR count). The van der Waals surface area contributed by atoms with E-state index >= 15 is 0 Å². The van der Waals surface area contributed by atoms with Crippen LogP contribution in [0.4, 0.5) is 0 Å². The largest absolute Gasteiger partial charge is 0.362 e. The van der Waals surface area contributed by atoms with Crippen molar-refractivity contribution < 1.29 is 14.1 Å². The number of aromatic nitrogens is 2. The molecule has 1 saturated heterocycles. The van der Waals surface area contributed by atoms with Gasteiger partial charge in [-0.2, -0.15) is 4.98 Å². The zero-order valence-electron chi connectivity index (χ0n) is 14.9. The summed E-state index contributed by atoms with van der Waals surface area (Å²) in [6, 6.07) is 10.7. The number of ether oxygens (including phenoxy) is 1. The van der Waals surface area contributed by atoms with E-state index in [1.165, 1.54) is 5.56 Å². The molecule has 1 aliphatic heterocycles. The summed E-state index contributed by atoms with van der Waals surface area (Å²) in [4.78, 5) is 18.7. The molecule has 2 aromatic rings. The Morgan fingerprint density at radius 3 is 2.88 bits per heavy atom. The van der Waals surface area contributed by atoms with E-state index in [1.807, 2.05) is 11.0 Å². The predicted octanol–water partition coefficient (Wildman–Crippen LogP) is 3.08. The number of likely N-dealkylation sites (tertiary alicyclic amines) is 1. The van der Waals surface area contributed by atoms with Gasteiger partial charge in [0.1, 0.15) is 13.2 Å². The lowest BCUT2D eigenvalue weighted by molar-refractivity contribution is -0.138. The predicted molar refractivity (Wildman–Crippen MR) is 92.9 cm³/mol. The van der Waals surface area contributed by atoms with Crippen molar-refractivity contribution in [3.8, 4) is 0 Å². The molecule has 0 aliphatic carbocycles. The van der Waals surface area contributed by atoms with Crippen LogP contribution in [0.15, 0.2) is 34.9 Å². The Balaban J connectivity index is 1.59. The Morgan fingerprint density at radius 2 is 2.20 bits per heavy atom. The number of carbonyl (C=O) groups excluding carboxylic acids is 1. The third kappa shape index (κ3) is 4.25. The van der Waals surface area contributed by atoms with Crippen LogP contribution in [0.1, 0.15) is 49.4 Å². The lowest BCUT2D eigenvalue weighted by atomic mass is 9.87. The minimum Gasteiger partial charge on any atom is -0.362 e. The van der Waals surface area contributed by atoms with E-state index in [2.05, 4.69) is 41.3 Å². The summed E-state index contributed by atoms with van der Waals surface area (Å²) in [7, 11) is 0. The number of benzene rings is 1. The van der Waals surface area contributed by atoms with Crippen molar-refractivity contribution >= 4 is 5.91 Å². The topological polar surface area (TPSA) is 68.5 Å². The van der Waals surface area contributed by atoms with Crippen LogP contribution in [-0.2, 0) is 16.1 Å². The van der Waals surface area contributed by atoms with Crippen molar-refractivity contribution in [1.82, 2.24) is 15.0 Å². The van der Waals surface area contributed by atoms with Crippen LogP contribution in [-0.4, -0.2) is 40.1 Å². The molecule has 0 N–H and O–H groups in total. The first-order valence-electron chi connectivity index (χ1n) is 8.90. The molecular formula is C19H25N3O3. The van der Waals surface area contributed by atoms with E-state index in [1.54, 1.807) is 6.92 Å². The van der Waals surface area contributed by atoms with Crippen molar-refractivity contribution in [2.75, 3.05) is 13.2 Å². The highest BCUT2D eigenvalue weighted by molar-refractivity contribution is 5.78. The lowest BCUT2D eigenvalue weighted by Crippen LogP contribution is -2.41. The minimum atomic E-state index is 0.0353. The monoisotopic (exact) mass is 343 g/mol. The van der Waals surface area contributed by atoms with E-state index in [0.29, 0.717) is 17.6 Å². The molecule has 2 atom stereocenters. The average Bonchev–Trinajstić information content (AvgIpc) is 3.26. The second-order valence-electron chi connectivity index (χ2n) is 6.45. The molecule has 0 radical (unpaired) electrons. The van der Waals surface area contributed by atoms with Crippen molar-refractivity contribution in [2.45, 2.75) is 51.7 Å². The molecule has 6 nitrogen and oxygen atoms in total. The maximum absolute atomic E-state index is 12.6. The molecule has 1 aromatic carbocycles. The fourth-order valence-corrected chi connectivity index (χ4v) is 3.66. The van der Waals surface area contributed by atoms with Gasteiger partial charge in [0.15, 0.2) is 5.82 Å². The van der Waals surface area contributed by atoms with Gasteiger partial charge in [-0.15, -0.1) is 0 Å². The smallest absolute Gasteiger partial charge is 0.252 e. The fraction of sp³-hybridized carbons (Fsp3) is 0.526. The van der Waals surface area contributed by atoms with Crippen LogP contribution in [0, 0.1) is 6.92 Å². The van der Waals surface area contributed by atoms with Gasteiger partial charge >= 0.3 is 0 Å². The summed E-state index contributed by atoms with van der Waals surface area (Å²) in [6.45, 7) is 4.95. The Kier molecular flexibility index (Phi) is 5.81. The highest BCUT2D eigenvalue weighted by Gasteiger charge is 2.34. The van der Waals surface area contributed by atoms with Gasteiger partial charge in [-0.05, 0) is 31.7 Å². The maximum Gasteiger partial charge on any atom is 0.252 e. The third-order valence-corrected chi connectivity index (χ3v) is 4.77. The molecule has 1 fully saturated rings. The normalized spacial score (nSPS) is 18.5. The molecule has 0 unspecified atom stereocenters. The molecule has 1 aliphatic rings. The number of carbonyl (C=O) groups is 1. The zero-order valence-corrected chi connectivity index (χ0v) is 14.9. The first kappa shape index (κ1) is 17.6. The van der Waals surface area contributed by atoms with Gasteiger partial charge in [0.2, 0.25) is 5.91 Å². The van der Waals surface area contributed by atoms with E-state index in [4.69, 9.17) is 9.26 Å². The molecule has 2 heterocycles. The van der Waals surface area contributed by atoms with Crippen molar-refractivity contribution in [1.29, 1.82) is 0 Å². The SMILES string of the molecule is CC[C@@H](c1ccccc1)[C@H]1CCCN1C(=O)COCc1nc(C)no1. The number of nitrogens with zero attached hydrogens (tertiary/aromatic N) is 3. The van der Waals surface area contributed by atoms with E-state index < -0.39 is 0 Å². The molecular weight excluding hydrogens is 318 g/mol. The Labute approximate surface area is 148 Å². The summed E-state index contributed by atoms with van der Waals surface area (Å²) >= 11 is 0. The van der Waals surface area contributed by atoms with Gasteiger partial charge in [-0.25, -0.2) is 0 Å². The van der Waals surface area contributed by atoms with Crippen LogP contribution in [0.5, 0.6) is 0 Å². The van der Waals surface area contributed by atoms with Crippen molar-refractivity contribution in [3.63, 3.8) is 0 Å². The van der Waals surface area contributed by atoms with Crippen LogP contribution in [0.3, 0.4) is 0 Å². The average molecular weight is 343 g/mol. The van der Waals surface area contributed by atoms with Gasteiger partial charge in [-0.1, -0.05) is 42.4 Å². The number of amides is 1. The summed E-state index contributed by atoms with van der Waals surface area (Å²) < 4.78 is 10.5. The van der Waals surface area contributed by atoms with E-state index in [-0.39, 0.29) is 25.2 Å². The number of rotatable bonds is 7. The van der Waals surface area contributed by atoms with Crippen molar-refractivity contribution in [3.05, 3.63) is 47.6 Å². The summed E-state index contributed by atoms with van der Waals surface area (Å²) in [5.74, 6) is 1.37. The Bertz CT molecular complexity index is 686. The van der Waals surface area contributed by atoms with Crippen LogP contribution in [0.2, 0.25) is 0 Å². The maximum atomic E-state index is 12.6. The minimum absolute atomic E-state index is 0.0353. The quantitative estimate of drug-likeness (QED) is 0.773. The molecule has 6 heteroatoms. The highest BCUT2D eigenvalue weighted by atomic mass is 16.5. The molecule has 0 bridgehead atoms. The van der Waals surface area contributed by atoms with Crippen LogP contribution < -0.4 is 0 Å².